The lowest BCUT2D eigenvalue weighted by atomic mass is 10.1. The molecule has 1 aliphatic heterocycles. The molecule has 0 saturated carbocycles. The van der Waals surface area contributed by atoms with E-state index in [1.54, 1.807) is 24.3 Å². The van der Waals surface area contributed by atoms with Crippen LogP contribution in [-0.4, -0.2) is 60.3 Å². The number of hydrogen-bond acceptors (Lipinski definition) is 9. The van der Waals surface area contributed by atoms with Crippen LogP contribution in [0.2, 0.25) is 0 Å². The fourth-order valence-electron chi connectivity index (χ4n) is 3.27. The minimum absolute atomic E-state index is 0.0155. The van der Waals surface area contributed by atoms with E-state index >= 15 is 0 Å². The zero-order valence-corrected chi connectivity index (χ0v) is 19.5. The molecule has 2 aromatic rings. The molecule has 1 aliphatic rings. The lowest BCUT2D eigenvalue weighted by Gasteiger charge is -2.23. The summed E-state index contributed by atoms with van der Waals surface area (Å²) in [6, 6.07) is 12.0. The Bertz CT molecular complexity index is 1110. The van der Waals surface area contributed by atoms with Gasteiger partial charge < -0.3 is 14.6 Å². The van der Waals surface area contributed by atoms with Gasteiger partial charge in [0.05, 0.1) is 15.9 Å². The van der Waals surface area contributed by atoms with Crippen LogP contribution < -0.4 is 0 Å². The summed E-state index contributed by atoms with van der Waals surface area (Å²) in [5, 5.41) is 9.39. The number of aliphatic hydroxyl groups is 1. The topological polar surface area (TPSA) is 125 Å². The molecular formula is C21H26O9S2. The molecule has 0 amide bonds. The van der Waals surface area contributed by atoms with E-state index in [1.807, 2.05) is 13.8 Å². The van der Waals surface area contributed by atoms with E-state index in [0.29, 0.717) is 0 Å². The first-order chi connectivity index (χ1) is 15.1. The number of hydrogen-bond donors (Lipinski definition) is 1. The maximum atomic E-state index is 12.9. The van der Waals surface area contributed by atoms with Crippen molar-refractivity contribution in [2.45, 2.75) is 54.7 Å². The fraction of sp³-hybridized carbons (Fsp3) is 0.429. The number of aliphatic hydroxyl groups excluding tert-OH is 1. The van der Waals surface area contributed by atoms with Gasteiger partial charge in [-0.15, -0.1) is 0 Å². The first-order valence-corrected chi connectivity index (χ1v) is 12.7. The van der Waals surface area contributed by atoms with Crippen molar-refractivity contribution in [2.75, 3.05) is 13.7 Å². The minimum atomic E-state index is -4.30. The molecule has 1 N–H and O–H groups in total. The van der Waals surface area contributed by atoms with Gasteiger partial charge in [0, 0.05) is 13.7 Å². The molecule has 11 heteroatoms. The maximum absolute atomic E-state index is 12.9. The molecule has 9 nitrogen and oxygen atoms in total. The Hall–Kier alpha value is -1.86. The van der Waals surface area contributed by atoms with Gasteiger partial charge in [-0.1, -0.05) is 35.4 Å². The third-order valence-corrected chi connectivity index (χ3v) is 7.66. The molecule has 0 aliphatic carbocycles. The lowest BCUT2D eigenvalue weighted by Crippen LogP contribution is -2.41. The van der Waals surface area contributed by atoms with Gasteiger partial charge in [-0.2, -0.15) is 16.8 Å². The molecule has 0 unspecified atom stereocenters. The number of ether oxygens (including phenoxy) is 2. The number of aryl methyl sites for hydroxylation is 2. The molecule has 0 spiro atoms. The molecule has 1 heterocycles. The first-order valence-electron chi connectivity index (χ1n) is 9.86. The smallest absolute Gasteiger partial charge is 0.297 e. The summed E-state index contributed by atoms with van der Waals surface area (Å²) in [6.07, 6.45) is -5.03. The Morgan fingerprint density at radius 1 is 0.812 bits per heavy atom. The van der Waals surface area contributed by atoms with Crippen LogP contribution in [0.3, 0.4) is 0 Å². The molecule has 4 atom stereocenters. The SMILES string of the molecule is CO[C@@H]1O[C@@H](CCO)[C@H](OS(=O)(=O)c2ccc(C)cc2)[C@H]1OS(=O)(=O)c1ccc(C)cc1. The van der Waals surface area contributed by atoms with Crippen LogP contribution in [0, 0.1) is 13.8 Å². The molecule has 2 aromatic carbocycles. The van der Waals surface area contributed by atoms with Crippen LogP contribution in [0.25, 0.3) is 0 Å². The monoisotopic (exact) mass is 486 g/mol. The summed E-state index contributed by atoms with van der Waals surface area (Å²) < 4.78 is 73.1. The second kappa shape index (κ2) is 9.96. The van der Waals surface area contributed by atoms with Crippen molar-refractivity contribution in [3.05, 3.63) is 59.7 Å². The van der Waals surface area contributed by atoms with E-state index in [4.69, 9.17) is 17.8 Å². The van der Waals surface area contributed by atoms with Gasteiger partial charge in [0.25, 0.3) is 20.2 Å². The van der Waals surface area contributed by atoms with E-state index in [2.05, 4.69) is 0 Å². The summed E-state index contributed by atoms with van der Waals surface area (Å²) in [5.41, 5.74) is 1.72. The van der Waals surface area contributed by atoms with Gasteiger partial charge in [-0.05, 0) is 44.5 Å². The van der Waals surface area contributed by atoms with Crippen LogP contribution in [0.4, 0.5) is 0 Å². The van der Waals surface area contributed by atoms with Crippen molar-refractivity contribution >= 4 is 20.2 Å². The molecule has 1 saturated heterocycles. The van der Waals surface area contributed by atoms with Crippen LogP contribution >= 0.6 is 0 Å². The van der Waals surface area contributed by atoms with E-state index in [9.17, 15) is 21.9 Å². The number of methoxy groups -OCH3 is 1. The number of benzene rings is 2. The van der Waals surface area contributed by atoms with Crippen molar-refractivity contribution in [1.82, 2.24) is 0 Å². The Balaban J connectivity index is 1.93. The molecule has 176 valence electrons. The number of rotatable bonds is 9. The molecule has 0 aromatic heterocycles. The predicted octanol–water partition coefficient (Wildman–Crippen LogP) is 1.91. The Morgan fingerprint density at radius 3 is 1.66 bits per heavy atom. The van der Waals surface area contributed by atoms with Gasteiger partial charge in [0.1, 0.15) is 6.10 Å². The van der Waals surface area contributed by atoms with Gasteiger partial charge in [0.2, 0.25) is 0 Å². The van der Waals surface area contributed by atoms with Crippen molar-refractivity contribution in [3.63, 3.8) is 0 Å². The summed E-state index contributed by atoms with van der Waals surface area (Å²) in [7, 11) is -7.32. The highest BCUT2D eigenvalue weighted by atomic mass is 32.2. The quantitative estimate of drug-likeness (QED) is 0.529. The van der Waals surface area contributed by atoms with E-state index in [1.165, 1.54) is 31.4 Å². The molecular weight excluding hydrogens is 460 g/mol. The average Bonchev–Trinajstić information content (AvgIpc) is 3.04. The van der Waals surface area contributed by atoms with Crippen LogP contribution in [0.1, 0.15) is 17.5 Å². The second-order valence-electron chi connectivity index (χ2n) is 7.45. The van der Waals surface area contributed by atoms with Gasteiger partial charge in [-0.3, -0.25) is 8.37 Å². The highest BCUT2D eigenvalue weighted by molar-refractivity contribution is 7.87. The van der Waals surface area contributed by atoms with Crippen molar-refractivity contribution in [3.8, 4) is 0 Å². The minimum Gasteiger partial charge on any atom is -0.396 e. The zero-order valence-electron chi connectivity index (χ0n) is 17.9. The van der Waals surface area contributed by atoms with Crippen LogP contribution in [0.15, 0.2) is 58.3 Å². The molecule has 3 rings (SSSR count). The lowest BCUT2D eigenvalue weighted by molar-refractivity contribution is -0.144. The summed E-state index contributed by atoms with van der Waals surface area (Å²) in [4.78, 5) is -0.212. The highest BCUT2D eigenvalue weighted by Crippen LogP contribution is 2.33. The largest absolute Gasteiger partial charge is 0.396 e. The van der Waals surface area contributed by atoms with Gasteiger partial charge in [-0.25, -0.2) is 0 Å². The normalized spacial score (nSPS) is 24.0. The van der Waals surface area contributed by atoms with Crippen molar-refractivity contribution < 1.29 is 39.8 Å². The van der Waals surface area contributed by atoms with Crippen LogP contribution in [-0.2, 0) is 38.1 Å². The molecule has 32 heavy (non-hydrogen) atoms. The van der Waals surface area contributed by atoms with Gasteiger partial charge >= 0.3 is 0 Å². The van der Waals surface area contributed by atoms with Crippen molar-refractivity contribution in [2.24, 2.45) is 0 Å². The fourth-order valence-corrected chi connectivity index (χ4v) is 5.45. The Kier molecular flexibility index (Phi) is 7.71. The first kappa shape index (κ1) is 24.8. The van der Waals surface area contributed by atoms with Crippen molar-refractivity contribution in [1.29, 1.82) is 0 Å². The van der Waals surface area contributed by atoms with Crippen LogP contribution in [0.5, 0.6) is 0 Å². The third kappa shape index (κ3) is 5.54. The molecule has 0 bridgehead atoms. The molecule has 1 fully saturated rings. The van der Waals surface area contributed by atoms with E-state index < -0.39 is 44.8 Å². The Morgan fingerprint density at radius 2 is 1.25 bits per heavy atom. The Labute approximate surface area is 188 Å². The average molecular weight is 487 g/mol. The summed E-state index contributed by atoms with van der Waals surface area (Å²) in [5.74, 6) is 0. The second-order valence-corrected chi connectivity index (χ2v) is 10.6. The van der Waals surface area contributed by atoms with E-state index in [-0.39, 0.29) is 22.8 Å². The molecule has 0 radical (unpaired) electrons. The maximum Gasteiger partial charge on any atom is 0.297 e. The summed E-state index contributed by atoms with van der Waals surface area (Å²) >= 11 is 0. The zero-order chi connectivity index (χ0) is 23.5. The van der Waals surface area contributed by atoms with Gasteiger partial charge in [0.15, 0.2) is 12.4 Å². The summed E-state index contributed by atoms with van der Waals surface area (Å²) in [6.45, 7) is 3.27. The van der Waals surface area contributed by atoms with E-state index in [0.717, 1.165) is 11.1 Å². The highest BCUT2D eigenvalue weighted by Gasteiger charge is 2.51. The standard InChI is InChI=1S/C21H26O9S2/c1-14-4-8-16(9-5-14)31(23,24)29-19-18(12-13-22)28-21(27-3)20(19)30-32(25,26)17-10-6-15(2)7-11-17/h4-11,18-22H,12-13H2,1-3H3/t18-,19-,20+,21+/m0/s1. The predicted molar refractivity (Wildman–Crippen MR) is 114 cm³/mol. The third-order valence-electron chi connectivity index (χ3n) is 5.01.